The van der Waals surface area contributed by atoms with Crippen LogP contribution in [0, 0.1) is 11.3 Å². The highest BCUT2D eigenvalue weighted by molar-refractivity contribution is 5.27. The first-order valence-electron chi connectivity index (χ1n) is 6.55. The second-order valence-corrected chi connectivity index (χ2v) is 4.85. The van der Waals surface area contributed by atoms with E-state index in [9.17, 15) is 5.11 Å². The molecule has 0 radical (unpaired) electrons. The lowest BCUT2D eigenvalue weighted by Gasteiger charge is -2.06. The summed E-state index contributed by atoms with van der Waals surface area (Å²) in [6.07, 6.45) is 10.9. The number of aromatic nitrogens is 1. The van der Waals surface area contributed by atoms with Gasteiger partial charge in [-0.1, -0.05) is 6.42 Å². The van der Waals surface area contributed by atoms with Crippen molar-refractivity contribution in [1.82, 2.24) is 4.57 Å². The van der Waals surface area contributed by atoms with Crippen molar-refractivity contribution in [3.8, 4) is 6.07 Å². The first-order valence-corrected chi connectivity index (χ1v) is 6.55. The van der Waals surface area contributed by atoms with Crippen LogP contribution in [-0.4, -0.2) is 9.67 Å². The van der Waals surface area contributed by atoms with E-state index in [-0.39, 0.29) is 6.10 Å². The Balaban J connectivity index is 1.97. The minimum atomic E-state index is -0.271. The molecule has 0 spiro atoms. The molecule has 1 aliphatic carbocycles. The molecular formula is C14H20N2O. The van der Waals surface area contributed by atoms with Gasteiger partial charge in [-0.05, 0) is 37.7 Å². The van der Waals surface area contributed by atoms with E-state index in [1.807, 2.05) is 0 Å². The van der Waals surface area contributed by atoms with Gasteiger partial charge in [0, 0.05) is 30.9 Å². The van der Waals surface area contributed by atoms with Gasteiger partial charge >= 0.3 is 0 Å². The molecule has 1 aromatic rings. The van der Waals surface area contributed by atoms with E-state index in [0.29, 0.717) is 6.42 Å². The Morgan fingerprint density at radius 3 is 3.06 bits per heavy atom. The molecule has 1 atom stereocenters. The van der Waals surface area contributed by atoms with Crippen LogP contribution in [0.15, 0.2) is 12.4 Å². The Bertz CT molecular complexity index is 403. The number of aliphatic hydroxyl groups excluding tert-OH is 1. The van der Waals surface area contributed by atoms with Crippen LogP contribution in [0.5, 0.6) is 0 Å². The third-order valence-electron chi connectivity index (χ3n) is 3.48. The molecule has 92 valence electrons. The van der Waals surface area contributed by atoms with Crippen molar-refractivity contribution in [3.05, 3.63) is 23.5 Å². The standard InChI is InChI=1S/C14H20N2O/c15-8-4-1-5-9-16-10-12-6-2-3-7-14(17)13(12)11-16/h10-11,14,17H,1-7,9H2. The van der Waals surface area contributed by atoms with Crippen molar-refractivity contribution in [1.29, 1.82) is 5.26 Å². The molecule has 1 aromatic heterocycles. The predicted molar refractivity (Wildman–Crippen MR) is 66.4 cm³/mol. The van der Waals surface area contributed by atoms with Crippen molar-refractivity contribution >= 4 is 0 Å². The maximum Gasteiger partial charge on any atom is 0.0807 e. The average Bonchev–Trinajstić information content (AvgIpc) is 2.66. The molecule has 17 heavy (non-hydrogen) atoms. The topological polar surface area (TPSA) is 49.0 Å². The Kier molecular flexibility index (Phi) is 4.22. The van der Waals surface area contributed by atoms with Gasteiger partial charge in [-0.25, -0.2) is 0 Å². The number of unbranched alkanes of at least 4 members (excludes halogenated alkanes) is 2. The minimum Gasteiger partial charge on any atom is -0.388 e. The van der Waals surface area contributed by atoms with Crippen LogP contribution in [0.1, 0.15) is 55.8 Å². The molecule has 0 aromatic carbocycles. The first kappa shape index (κ1) is 12.2. The van der Waals surface area contributed by atoms with Crippen LogP contribution < -0.4 is 0 Å². The van der Waals surface area contributed by atoms with Crippen molar-refractivity contribution < 1.29 is 5.11 Å². The highest BCUT2D eigenvalue weighted by atomic mass is 16.3. The van der Waals surface area contributed by atoms with Gasteiger partial charge in [0.25, 0.3) is 0 Å². The highest BCUT2D eigenvalue weighted by Gasteiger charge is 2.17. The molecule has 0 saturated carbocycles. The Labute approximate surface area is 103 Å². The summed E-state index contributed by atoms with van der Waals surface area (Å²) in [6.45, 7) is 0.960. The lowest BCUT2D eigenvalue weighted by Crippen LogP contribution is -1.97. The molecule has 0 fully saturated rings. The van der Waals surface area contributed by atoms with Crippen molar-refractivity contribution in [3.63, 3.8) is 0 Å². The first-order chi connectivity index (χ1) is 8.31. The summed E-state index contributed by atoms with van der Waals surface area (Å²) in [5.74, 6) is 0. The van der Waals surface area contributed by atoms with E-state index in [1.165, 1.54) is 12.0 Å². The third kappa shape index (κ3) is 3.10. The summed E-state index contributed by atoms with van der Waals surface area (Å²) in [7, 11) is 0. The normalized spacial score (nSPS) is 19.4. The van der Waals surface area contributed by atoms with Gasteiger partial charge in [0.15, 0.2) is 0 Å². The maximum absolute atomic E-state index is 10.0. The zero-order chi connectivity index (χ0) is 12.1. The number of aliphatic hydroxyl groups is 1. The monoisotopic (exact) mass is 232 g/mol. The number of nitrogens with zero attached hydrogens (tertiary/aromatic N) is 2. The SMILES string of the molecule is N#CCCCCn1cc2c(c1)C(O)CCCC2. The molecule has 0 bridgehead atoms. The van der Waals surface area contributed by atoms with Crippen molar-refractivity contribution in [2.75, 3.05) is 0 Å². The largest absolute Gasteiger partial charge is 0.388 e. The van der Waals surface area contributed by atoms with Crippen LogP contribution in [0.3, 0.4) is 0 Å². The fraction of sp³-hybridized carbons (Fsp3) is 0.643. The second-order valence-electron chi connectivity index (χ2n) is 4.85. The Morgan fingerprint density at radius 2 is 2.24 bits per heavy atom. The molecule has 1 unspecified atom stereocenters. The van der Waals surface area contributed by atoms with Crippen LogP contribution in [0.25, 0.3) is 0 Å². The summed E-state index contributed by atoms with van der Waals surface area (Å²) in [5, 5.41) is 18.5. The smallest absolute Gasteiger partial charge is 0.0807 e. The molecule has 2 rings (SSSR count). The summed E-state index contributed by atoms with van der Waals surface area (Å²) < 4.78 is 2.18. The van der Waals surface area contributed by atoms with E-state index >= 15 is 0 Å². The van der Waals surface area contributed by atoms with E-state index in [2.05, 4.69) is 23.0 Å². The number of hydrogen-bond donors (Lipinski definition) is 1. The molecule has 0 saturated heterocycles. The quantitative estimate of drug-likeness (QED) is 0.641. The number of aryl methyl sites for hydroxylation is 2. The van der Waals surface area contributed by atoms with Crippen LogP contribution >= 0.6 is 0 Å². The number of nitriles is 1. The second kappa shape index (κ2) is 5.88. The fourth-order valence-electron chi connectivity index (χ4n) is 2.52. The molecule has 1 N–H and O–H groups in total. The maximum atomic E-state index is 10.0. The zero-order valence-corrected chi connectivity index (χ0v) is 10.2. The van der Waals surface area contributed by atoms with Crippen LogP contribution in [0.2, 0.25) is 0 Å². The molecular weight excluding hydrogens is 212 g/mol. The number of fused-ring (bicyclic) bond motifs is 1. The van der Waals surface area contributed by atoms with E-state index in [0.717, 1.165) is 44.2 Å². The van der Waals surface area contributed by atoms with Gasteiger partial charge in [-0.15, -0.1) is 0 Å². The molecule has 3 heteroatoms. The highest BCUT2D eigenvalue weighted by Crippen LogP contribution is 2.29. The summed E-state index contributed by atoms with van der Waals surface area (Å²) in [4.78, 5) is 0. The van der Waals surface area contributed by atoms with Crippen molar-refractivity contribution in [2.24, 2.45) is 0 Å². The van der Waals surface area contributed by atoms with Crippen LogP contribution in [0.4, 0.5) is 0 Å². The van der Waals surface area contributed by atoms with E-state index < -0.39 is 0 Å². The van der Waals surface area contributed by atoms with Gasteiger partial charge in [-0.2, -0.15) is 5.26 Å². The van der Waals surface area contributed by atoms with Gasteiger partial charge in [0.05, 0.1) is 12.2 Å². The van der Waals surface area contributed by atoms with Gasteiger partial charge < -0.3 is 9.67 Å². The third-order valence-corrected chi connectivity index (χ3v) is 3.48. The average molecular weight is 232 g/mol. The molecule has 0 amide bonds. The number of hydrogen-bond acceptors (Lipinski definition) is 2. The van der Waals surface area contributed by atoms with E-state index in [4.69, 9.17) is 5.26 Å². The minimum absolute atomic E-state index is 0.271. The Morgan fingerprint density at radius 1 is 1.35 bits per heavy atom. The molecule has 3 nitrogen and oxygen atoms in total. The summed E-state index contributed by atoms with van der Waals surface area (Å²) in [5.41, 5.74) is 2.44. The van der Waals surface area contributed by atoms with E-state index in [1.54, 1.807) is 0 Å². The van der Waals surface area contributed by atoms with Gasteiger partial charge in [0.1, 0.15) is 0 Å². The Hall–Kier alpha value is -1.27. The number of rotatable bonds is 4. The molecule has 0 aliphatic heterocycles. The lowest BCUT2D eigenvalue weighted by molar-refractivity contribution is 0.166. The summed E-state index contributed by atoms with van der Waals surface area (Å²) in [6, 6.07) is 2.17. The van der Waals surface area contributed by atoms with Gasteiger partial charge in [-0.3, -0.25) is 0 Å². The molecule has 1 heterocycles. The molecule has 1 aliphatic rings. The lowest BCUT2D eigenvalue weighted by atomic mass is 10.1. The predicted octanol–water partition coefficient (Wildman–Crippen LogP) is 2.94. The van der Waals surface area contributed by atoms with Gasteiger partial charge in [0.2, 0.25) is 0 Å². The zero-order valence-electron chi connectivity index (χ0n) is 10.2. The fourth-order valence-corrected chi connectivity index (χ4v) is 2.52. The van der Waals surface area contributed by atoms with Crippen molar-refractivity contribution in [2.45, 2.75) is 57.6 Å². The van der Waals surface area contributed by atoms with Crippen LogP contribution in [-0.2, 0) is 13.0 Å². The summed E-state index contributed by atoms with van der Waals surface area (Å²) >= 11 is 0.